The topological polar surface area (TPSA) is 58.4 Å². The summed E-state index contributed by atoms with van der Waals surface area (Å²) in [5, 5.41) is 2.87. The van der Waals surface area contributed by atoms with Crippen LogP contribution in [0, 0.1) is 0 Å². The summed E-state index contributed by atoms with van der Waals surface area (Å²) in [7, 11) is 0. The van der Waals surface area contributed by atoms with Crippen LogP contribution in [0.15, 0.2) is 24.3 Å². The number of carbonyl (C=O) groups is 1. The fourth-order valence-electron chi connectivity index (χ4n) is 2.41. The van der Waals surface area contributed by atoms with Gasteiger partial charge in [0.2, 0.25) is 5.91 Å². The van der Waals surface area contributed by atoms with Crippen molar-refractivity contribution < 1.29 is 4.79 Å². The largest absolute Gasteiger partial charge is 0.372 e. The third-order valence-corrected chi connectivity index (χ3v) is 3.38. The number of nitrogens with two attached hydrogens (primary N) is 1. The number of amides is 1. The summed E-state index contributed by atoms with van der Waals surface area (Å²) in [4.78, 5) is 14.0. The van der Waals surface area contributed by atoms with Gasteiger partial charge < -0.3 is 16.0 Å². The molecule has 2 rings (SSSR count). The van der Waals surface area contributed by atoms with Gasteiger partial charge in [-0.3, -0.25) is 4.79 Å². The Morgan fingerprint density at radius 2 is 1.89 bits per heavy atom. The van der Waals surface area contributed by atoms with Crippen LogP contribution in [0.5, 0.6) is 0 Å². The minimum Gasteiger partial charge on any atom is -0.372 e. The zero-order chi connectivity index (χ0) is 13.7. The average molecular weight is 261 g/mol. The Morgan fingerprint density at radius 3 is 2.47 bits per heavy atom. The first-order chi connectivity index (χ1) is 9.15. The van der Waals surface area contributed by atoms with Gasteiger partial charge in [-0.15, -0.1) is 0 Å². The second-order valence-corrected chi connectivity index (χ2v) is 5.32. The van der Waals surface area contributed by atoms with E-state index in [2.05, 4.69) is 22.3 Å². The molecule has 0 aromatic heterocycles. The van der Waals surface area contributed by atoms with Gasteiger partial charge in [0.1, 0.15) is 0 Å². The molecule has 0 spiro atoms. The lowest BCUT2D eigenvalue weighted by Crippen LogP contribution is -2.29. The van der Waals surface area contributed by atoms with Crippen LogP contribution < -0.4 is 16.0 Å². The van der Waals surface area contributed by atoms with Crippen LogP contribution in [0.1, 0.15) is 32.6 Å². The SMILES string of the molecule is CC(N)CC(=O)Nc1ccc(N2CCCCC2)cc1. The normalized spacial score (nSPS) is 17.1. The first-order valence-electron chi connectivity index (χ1n) is 7.05. The second kappa shape index (κ2) is 6.57. The molecule has 0 aliphatic carbocycles. The predicted octanol–water partition coefficient (Wildman–Crippen LogP) is 2.35. The van der Waals surface area contributed by atoms with Crippen LogP contribution in [0.4, 0.5) is 11.4 Å². The predicted molar refractivity (Wildman–Crippen MR) is 79.4 cm³/mol. The zero-order valence-corrected chi connectivity index (χ0v) is 11.6. The molecule has 4 heteroatoms. The number of nitrogens with zero attached hydrogens (tertiary/aromatic N) is 1. The smallest absolute Gasteiger partial charge is 0.225 e. The summed E-state index contributed by atoms with van der Waals surface area (Å²) in [6.07, 6.45) is 4.23. The molecule has 104 valence electrons. The Kier molecular flexibility index (Phi) is 4.80. The molecule has 1 aliphatic rings. The van der Waals surface area contributed by atoms with Crippen molar-refractivity contribution in [3.63, 3.8) is 0 Å². The van der Waals surface area contributed by atoms with Crippen molar-refractivity contribution >= 4 is 17.3 Å². The Morgan fingerprint density at radius 1 is 1.26 bits per heavy atom. The van der Waals surface area contributed by atoms with Gasteiger partial charge >= 0.3 is 0 Å². The van der Waals surface area contributed by atoms with Crippen LogP contribution in [-0.2, 0) is 4.79 Å². The molecule has 4 nitrogen and oxygen atoms in total. The summed E-state index contributed by atoms with van der Waals surface area (Å²) in [5.74, 6) is -0.0271. The summed E-state index contributed by atoms with van der Waals surface area (Å²) in [5.41, 5.74) is 7.68. The molecule has 3 N–H and O–H groups in total. The number of nitrogens with one attached hydrogen (secondary N) is 1. The second-order valence-electron chi connectivity index (χ2n) is 5.32. The maximum Gasteiger partial charge on any atom is 0.225 e. The fraction of sp³-hybridized carbons (Fsp3) is 0.533. The van der Waals surface area contributed by atoms with E-state index in [9.17, 15) is 4.79 Å². The standard InChI is InChI=1S/C15H23N3O/c1-12(16)11-15(19)17-13-5-7-14(8-6-13)18-9-3-2-4-10-18/h5-8,12H,2-4,9-11,16H2,1H3,(H,17,19). The van der Waals surface area contributed by atoms with E-state index in [-0.39, 0.29) is 11.9 Å². The Balaban J connectivity index is 1.92. The lowest BCUT2D eigenvalue weighted by molar-refractivity contribution is -0.116. The summed E-state index contributed by atoms with van der Waals surface area (Å²) < 4.78 is 0. The monoisotopic (exact) mass is 261 g/mol. The van der Waals surface area contributed by atoms with Crippen molar-refractivity contribution in [3.8, 4) is 0 Å². The van der Waals surface area contributed by atoms with Crippen molar-refractivity contribution in [1.82, 2.24) is 0 Å². The molecule has 1 aliphatic heterocycles. The Bertz CT molecular complexity index is 408. The molecule has 1 saturated heterocycles. The fourth-order valence-corrected chi connectivity index (χ4v) is 2.41. The van der Waals surface area contributed by atoms with Gasteiger partial charge in [0.15, 0.2) is 0 Å². The highest BCUT2D eigenvalue weighted by molar-refractivity contribution is 5.91. The minimum absolute atomic E-state index is 0.0271. The maximum atomic E-state index is 11.6. The lowest BCUT2D eigenvalue weighted by atomic mass is 10.1. The highest BCUT2D eigenvalue weighted by Gasteiger charge is 2.11. The van der Waals surface area contributed by atoms with E-state index in [1.54, 1.807) is 0 Å². The third kappa shape index (κ3) is 4.24. The molecule has 1 aromatic carbocycles. The van der Waals surface area contributed by atoms with Gasteiger partial charge in [0, 0.05) is 36.9 Å². The molecule has 0 bridgehead atoms. The number of hydrogen-bond acceptors (Lipinski definition) is 3. The van der Waals surface area contributed by atoms with E-state index in [4.69, 9.17) is 5.73 Å². The van der Waals surface area contributed by atoms with Crippen molar-refractivity contribution in [1.29, 1.82) is 0 Å². The quantitative estimate of drug-likeness (QED) is 0.874. The van der Waals surface area contributed by atoms with Gasteiger partial charge in [0.25, 0.3) is 0 Å². The lowest BCUT2D eigenvalue weighted by Gasteiger charge is -2.28. The summed E-state index contributed by atoms with van der Waals surface area (Å²) in [6.45, 7) is 4.10. The van der Waals surface area contributed by atoms with Crippen LogP contribution in [0.3, 0.4) is 0 Å². The van der Waals surface area contributed by atoms with Crippen molar-refractivity contribution in [2.24, 2.45) is 5.73 Å². The number of rotatable bonds is 4. The molecule has 1 unspecified atom stereocenters. The highest BCUT2D eigenvalue weighted by atomic mass is 16.1. The van der Waals surface area contributed by atoms with Crippen LogP contribution in [0.25, 0.3) is 0 Å². The average Bonchev–Trinajstić information content (AvgIpc) is 2.39. The van der Waals surface area contributed by atoms with E-state index in [1.165, 1.54) is 24.9 Å². The first-order valence-corrected chi connectivity index (χ1v) is 7.05. The van der Waals surface area contributed by atoms with Gasteiger partial charge in [-0.05, 0) is 50.5 Å². The molecule has 1 amide bonds. The summed E-state index contributed by atoms with van der Waals surface area (Å²) in [6, 6.07) is 7.97. The maximum absolute atomic E-state index is 11.6. The van der Waals surface area contributed by atoms with Crippen LogP contribution >= 0.6 is 0 Å². The van der Waals surface area contributed by atoms with Crippen molar-refractivity contribution in [2.75, 3.05) is 23.3 Å². The van der Waals surface area contributed by atoms with Crippen LogP contribution in [0.2, 0.25) is 0 Å². The van der Waals surface area contributed by atoms with E-state index < -0.39 is 0 Å². The first kappa shape index (κ1) is 13.9. The molecule has 0 saturated carbocycles. The van der Waals surface area contributed by atoms with Crippen molar-refractivity contribution in [2.45, 2.75) is 38.6 Å². The minimum atomic E-state index is -0.104. The molecule has 1 aromatic rings. The summed E-state index contributed by atoms with van der Waals surface area (Å²) >= 11 is 0. The Hall–Kier alpha value is -1.55. The van der Waals surface area contributed by atoms with Crippen molar-refractivity contribution in [3.05, 3.63) is 24.3 Å². The van der Waals surface area contributed by atoms with E-state index in [0.717, 1.165) is 18.8 Å². The van der Waals surface area contributed by atoms with E-state index >= 15 is 0 Å². The number of hydrogen-bond donors (Lipinski definition) is 2. The molecular weight excluding hydrogens is 238 g/mol. The number of piperidine rings is 1. The Labute approximate surface area is 115 Å². The molecule has 1 fully saturated rings. The molecule has 1 atom stereocenters. The third-order valence-electron chi connectivity index (χ3n) is 3.38. The molecule has 1 heterocycles. The van der Waals surface area contributed by atoms with E-state index in [1.807, 2.05) is 19.1 Å². The van der Waals surface area contributed by atoms with Crippen LogP contribution in [-0.4, -0.2) is 25.0 Å². The number of carbonyl (C=O) groups excluding carboxylic acids is 1. The van der Waals surface area contributed by atoms with Gasteiger partial charge in [-0.2, -0.15) is 0 Å². The highest BCUT2D eigenvalue weighted by Crippen LogP contribution is 2.21. The number of benzene rings is 1. The van der Waals surface area contributed by atoms with Gasteiger partial charge in [-0.1, -0.05) is 0 Å². The van der Waals surface area contributed by atoms with Gasteiger partial charge in [0.05, 0.1) is 0 Å². The number of anilines is 2. The molecular formula is C15H23N3O. The zero-order valence-electron chi connectivity index (χ0n) is 11.6. The molecule has 0 radical (unpaired) electrons. The molecule has 19 heavy (non-hydrogen) atoms. The van der Waals surface area contributed by atoms with E-state index in [0.29, 0.717) is 6.42 Å². The van der Waals surface area contributed by atoms with Gasteiger partial charge in [-0.25, -0.2) is 0 Å².